The maximum atomic E-state index is 5.36. The van der Waals surface area contributed by atoms with E-state index in [2.05, 4.69) is 40.2 Å². The second-order valence-corrected chi connectivity index (χ2v) is 5.98. The maximum Gasteiger partial charge on any atom is 0.243 e. The third-order valence-corrected chi connectivity index (χ3v) is 4.23. The molecule has 1 aliphatic heterocycles. The molecule has 0 unspecified atom stereocenters. The zero-order chi connectivity index (χ0) is 14.8. The minimum Gasteiger partial charge on any atom is -0.338 e. The monoisotopic (exact) mass is 289 g/mol. The first-order chi connectivity index (χ1) is 10.1. The molecule has 2 atom stereocenters. The highest BCUT2D eigenvalue weighted by Crippen LogP contribution is 2.28. The fourth-order valence-corrected chi connectivity index (χ4v) is 3.14. The molecule has 0 radical (unpaired) electrons. The molecule has 0 aliphatic carbocycles. The first kappa shape index (κ1) is 14.3. The Hall–Kier alpha value is -1.69. The van der Waals surface area contributed by atoms with Gasteiger partial charge in [-0.1, -0.05) is 11.6 Å². The number of rotatable bonds is 4. The zero-order valence-corrected chi connectivity index (χ0v) is 13.0. The number of likely N-dealkylation sites (tertiary alicyclic amines) is 1. The van der Waals surface area contributed by atoms with Gasteiger partial charge in [-0.25, -0.2) is 0 Å². The smallest absolute Gasteiger partial charge is 0.243 e. The van der Waals surface area contributed by atoms with Gasteiger partial charge in [-0.05, 0) is 45.7 Å². The molecule has 6 nitrogen and oxygen atoms in total. The van der Waals surface area contributed by atoms with E-state index >= 15 is 0 Å². The van der Waals surface area contributed by atoms with E-state index in [-0.39, 0.29) is 6.04 Å². The molecule has 3 heterocycles. The normalized spacial score (nSPS) is 21.6. The molecule has 3 rings (SSSR count). The van der Waals surface area contributed by atoms with Gasteiger partial charge in [-0.15, -0.1) is 0 Å². The van der Waals surface area contributed by atoms with Crippen molar-refractivity contribution in [3.05, 3.63) is 29.7 Å². The summed E-state index contributed by atoms with van der Waals surface area (Å²) in [4.78, 5) is 6.87. The predicted octanol–water partition coefficient (Wildman–Crippen LogP) is 2.50. The highest BCUT2D eigenvalue weighted by atomic mass is 16.5. The van der Waals surface area contributed by atoms with Gasteiger partial charge in [0, 0.05) is 12.2 Å². The molecule has 0 saturated carbocycles. The van der Waals surface area contributed by atoms with Crippen LogP contribution in [0.25, 0.3) is 0 Å². The molecule has 1 fully saturated rings. The molecular formula is C15H23N5O. The predicted molar refractivity (Wildman–Crippen MR) is 78.8 cm³/mol. The van der Waals surface area contributed by atoms with E-state index in [1.54, 1.807) is 0 Å². The molecule has 1 aliphatic rings. The Morgan fingerprint density at radius 2 is 2.24 bits per heavy atom. The number of nitrogens with zero attached hydrogens (tertiary/aromatic N) is 5. The summed E-state index contributed by atoms with van der Waals surface area (Å²) in [7, 11) is 0. The van der Waals surface area contributed by atoms with Crippen LogP contribution in [0.15, 0.2) is 16.9 Å². The van der Waals surface area contributed by atoms with E-state index in [4.69, 9.17) is 4.52 Å². The van der Waals surface area contributed by atoms with E-state index in [1.807, 2.05) is 17.8 Å². The molecule has 0 amide bonds. The van der Waals surface area contributed by atoms with Crippen molar-refractivity contribution in [3.63, 3.8) is 0 Å². The molecule has 21 heavy (non-hydrogen) atoms. The Morgan fingerprint density at radius 3 is 2.90 bits per heavy atom. The Bertz CT molecular complexity index is 590. The van der Waals surface area contributed by atoms with E-state index in [1.165, 1.54) is 24.8 Å². The van der Waals surface area contributed by atoms with Gasteiger partial charge in [0.05, 0.1) is 18.8 Å². The third-order valence-electron chi connectivity index (χ3n) is 4.23. The summed E-state index contributed by atoms with van der Waals surface area (Å²) < 4.78 is 7.40. The van der Waals surface area contributed by atoms with E-state index in [9.17, 15) is 0 Å². The standard InChI is InChI=1S/C15H23N5O/c1-11-8-16-19(9-11)10-14-6-4-5-7-20(14)12(2)15-17-13(3)18-21-15/h8-9,12,14H,4-7,10H2,1-3H3/t12-,14-/m0/s1. The van der Waals surface area contributed by atoms with Gasteiger partial charge in [-0.2, -0.15) is 10.1 Å². The molecular weight excluding hydrogens is 266 g/mol. The highest BCUT2D eigenvalue weighted by Gasteiger charge is 2.30. The van der Waals surface area contributed by atoms with Gasteiger partial charge >= 0.3 is 0 Å². The van der Waals surface area contributed by atoms with Crippen LogP contribution in [-0.4, -0.2) is 37.4 Å². The van der Waals surface area contributed by atoms with Gasteiger partial charge in [0.15, 0.2) is 5.82 Å². The van der Waals surface area contributed by atoms with Gasteiger partial charge in [-0.3, -0.25) is 9.58 Å². The lowest BCUT2D eigenvalue weighted by Crippen LogP contribution is -2.43. The van der Waals surface area contributed by atoms with E-state index in [0.29, 0.717) is 11.9 Å². The van der Waals surface area contributed by atoms with Crippen molar-refractivity contribution >= 4 is 0 Å². The lowest BCUT2D eigenvalue weighted by molar-refractivity contribution is 0.0719. The van der Waals surface area contributed by atoms with Crippen molar-refractivity contribution in [3.8, 4) is 0 Å². The second-order valence-electron chi connectivity index (χ2n) is 5.98. The van der Waals surface area contributed by atoms with Gasteiger partial charge in [0.1, 0.15) is 0 Å². The van der Waals surface area contributed by atoms with Crippen molar-refractivity contribution in [1.29, 1.82) is 0 Å². The van der Waals surface area contributed by atoms with Crippen LogP contribution in [0.5, 0.6) is 0 Å². The number of piperidine rings is 1. The van der Waals surface area contributed by atoms with Crippen molar-refractivity contribution in [1.82, 2.24) is 24.8 Å². The highest BCUT2D eigenvalue weighted by molar-refractivity contribution is 5.00. The number of hydrogen-bond donors (Lipinski definition) is 0. The van der Waals surface area contributed by atoms with Crippen LogP contribution in [0.4, 0.5) is 0 Å². The Morgan fingerprint density at radius 1 is 1.38 bits per heavy atom. The number of hydrogen-bond acceptors (Lipinski definition) is 5. The molecule has 2 aromatic rings. The molecule has 1 saturated heterocycles. The van der Waals surface area contributed by atoms with Gasteiger partial charge in [0.2, 0.25) is 5.89 Å². The Kier molecular flexibility index (Phi) is 4.05. The first-order valence-corrected chi connectivity index (χ1v) is 7.68. The van der Waals surface area contributed by atoms with Crippen molar-refractivity contribution in [2.24, 2.45) is 0 Å². The quantitative estimate of drug-likeness (QED) is 0.865. The van der Waals surface area contributed by atoms with Crippen molar-refractivity contribution < 1.29 is 4.52 Å². The van der Waals surface area contributed by atoms with Crippen LogP contribution >= 0.6 is 0 Å². The van der Waals surface area contributed by atoms with Crippen LogP contribution in [0, 0.1) is 13.8 Å². The first-order valence-electron chi connectivity index (χ1n) is 7.68. The largest absolute Gasteiger partial charge is 0.338 e. The summed E-state index contributed by atoms with van der Waals surface area (Å²) in [6.45, 7) is 8.09. The summed E-state index contributed by atoms with van der Waals surface area (Å²) in [6.07, 6.45) is 7.71. The summed E-state index contributed by atoms with van der Waals surface area (Å²) in [5.41, 5.74) is 1.21. The Labute approximate surface area is 125 Å². The minimum absolute atomic E-state index is 0.160. The minimum atomic E-state index is 0.160. The van der Waals surface area contributed by atoms with Crippen LogP contribution < -0.4 is 0 Å². The number of aryl methyl sites for hydroxylation is 2. The summed E-state index contributed by atoms with van der Waals surface area (Å²) >= 11 is 0. The lowest BCUT2D eigenvalue weighted by atomic mass is 10.00. The second kappa shape index (κ2) is 5.97. The maximum absolute atomic E-state index is 5.36. The number of aromatic nitrogens is 4. The van der Waals surface area contributed by atoms with Crippen LogP contribution in [0.1, 0.15) is 49.5 Å². The summed E-state index contributed by atoms with van der Waals surface area (Å²) in [5, 5.41) is 8.33. The molecule has 2 aromatic heterocycles. The topological polar surface area (TPSA) is 60.0 Å². The van der Waals surface area contributed by atoms with Crippen LogP contribution in [0.2, 0.25) is 0 Å². The molecule has 0 spiro atoms. The molecule has 114 valence electrons. The van der Waals surface area contributed by atoms with Crippen molar-refractivity contribution in [2.45, 2.75) is 58.7 Å². The fourth-order valence-electron chi connectivity index (χ4n) is 3.14. The SMILES string of the molecule is Cc1cnn(C[C@@H]2CCCCN2[C@@H](C)c2nc(C)no2)c1. The van der Waals surface area contributed by atoms with Gasteiger partial charge < -0.3 is 4.52 Å². The van der Waals surface area contributed by atoms with Crippen LogP contribution in [-0.2, 0) is 6.54 Å². The molecule has 0 N–H and O–H groups in total. The summed E-state index contributed by atoms with van der Waals surface area (Å²) in [6, 6.07) is 0.633. The molecule has 0 aromatic carbocycles. The average molecular weight is 289 g/mol. The Balaban J connectivity index is 1.74. The molecule has 0 bridgehead atoms. The van der Waals surface area contributed by atoms with E-state index < -0.39 is 0 Å². The lowest BCUT2D eigenvalue weighted by Gasteiger charge is -2.38. The molecule has 6 heteroatoms. The average Bonchev–Trinajstić information content (AvgIpc) is 3.08. The van der Waals surface area contributed by atoms with Crippen molar-refractivity contribution in [2.75, 3.05) is 6.54 Å². The summed E-state index contributed by atoms with van der Waals surface area (Å²) in [5.74, 6) is 1.42. The fraction of sp³-hybridized carbons (Fsp3) is 0.667. The van der Waals surface area contributed by atoms with E-state index in [0.717, 1.165) is 19.0 Å². The van der Waals surface area contributed by atoms with Crippen LogP contribution in [0.3, 0.4) is 0 Å². The zero-order valence-electron chi connectivity index (χ0n) is 13.0. The van der Waals surface area contributed by atoms with Gasteiger partial charge in [0.25, 0.3) is 0 Å². The third kappa shape index (κ3) is 3.15.